The molecule has 2 amide bonds. The van der Waals surface area contributed by atoms with Crippen LogP contribution in [0, 0.1) is 0 Å². The largest absolute Gasteiger partial charge is 0.494 e. The van der Waals surface area contributed by atoms with Crippen molar-refractivity contribution in [3.63, 3.8) is 0 Å². The molecule has 0 fully saturated rings. The maximum Gasteiger partial charge on any atom is 0.321 e. The number of nitrogens with one attached hydrogen (secondary N) is 2. The summed E-state index contributed by atoms with van der Waals surface area (Å²) in [5.41, 5.74) is 0. The molecule has 2 N–H and O–H groups in total. The molecule has 0 radical (unpaired) electrons. The molecular weight excluding hydrogens is 256 g/mol. The molecular formula is C14H16N4O2. The molecule has 0 unspecified atom stereocenters. The molecule has 6 heteroatoms. The highest BCUT2D eigenvalue weighted by Gasteiger charge is 2.01. The molecule has 2 rings (SSSR count). The lowest BCUT2D eigenvalue weighted by molar-refractivity contribution is 0.250. The summed E-state index contributed by atoms with van der Waals surface area (Å²) in [6.07, 6.45) is 3.85. The molecule has 1 aromatic heterocycles. The van der Waals surface area contributed by atoms with Gasteiger partial charge in [-0.15, -0.1) is 0 Å². The van der Waals surface area contributed by atoms with E-state index in [0.717, 1.165) is 12.2 Å². The van der Waals surface area contributed by atoms with Crippen LogP contribution < -0.4 is 15.4 Å². The molecule has 0 saturated heterocycles. The molecule has 0 aliphatic carbocycles. The molecule has 1 heterocycles. The molecule has 0 saturated carbocycles. The predicted molar refractivity (Wildman–Crippen MR) is 75.6 cm³/mol. The molecule has 0 bridgehead atoms. The number of hydrogen-bond donors (Lipinski definition) is 2. The Morgan fingerprint density at radius 3 is 2.60 bits per heavy atom. The molecule has 0 aliphatic heterocycles. The molecule has 20 heavy (non-hydrogen) atoms. The van der Waals surface area contributed by atoms with E-state index in [0.29, 0.717) is 13.2 Å². The van der Waals surface area contributed by atoms with Crippen LogP contribution in [0.1, 0.15) is 6.42 Å². The van der Waals surface area contributed by atoms with E-state index in [2.05, 4.69) is 20.6 Å². The van der Waals surface area contributed by atoms with Gasteiger partial charge in [-0.2, -0.15) is 0 Å². The van der Waals surface area contributed by atoms with Gasteiger partial charge in [0, 0.05) is 18.9 Å². The molecule has 0 aliphatic rings. The van der Waals surface area contributed by atoms with Gasteiger partial charge in [0.1, 0.15) is 5.75 Å². The van der Waals surface area contributed by atoms with Crippen molar-refractivity contribution >= 4 is 12.0 Å². The van der Waals surface area contributed by atoms with Gasteiger partial charge in [-0.3, -0.25) is 5.32 Å². The Labute approximate surface area is 117 Å². The molecule has 6 nitrogen and oxygen atoms in total. The second-order valence-corrected chi connectivity index (χ2v) is 3.97. The van der Waals surface area contributed by atoms with Gasteiger partial charge in [-0.05, 0) is 24.6 Å². The minimum Gasteiger partial charge on any atom is -0.494 e. The van der Waals surface area contributed by atoms with Crippen LogP contribution in [0.25, 0.3) is 0 Å². The maximum absolute atomic E-state index is 11.5. The Hall–Kier alpha value is -2.63. The minimum absolute atomic E-state index is 0.283. The Morgan fingerprint density at radius 1 is 1.10 bits per heavy atom. The molecule has 0 atom stereocenters. The van der Waals surface area contributed by atoms with Crippen molar-refractivity contribution in [3.8, 4) is 5.75 Å². The summed E-state index contributed by atoms with van der Waals surface area (Å²) in [7, 11) is 0. The quantitative estimate of drug-likeness (QED) is 0.789. The fourth-order valence-electron chi connectivity index (χ4n) is 1.49. The second kappa shape index (κ2) is 7.73. The van der Waals surface area contributed by atoms with E-state index in [1.165, 1.54) is 0 Å². The van der Waals surface area contributed by atoms with Gasteiger partial charge >= 0.3 is 6.03 Å². The van der Waals surface area contributed by atoms with Crippen LogP contribution in [0.2, 0.25) is 0 Å². The molecule has 1 aromatic carbocycles. The predicted octanol–water partition coefficient (Wildman–Crippen LogP) is 2.07. The summed E-state index contributed by atoms with van der Waals surface area (Å²) in [5.74, 6) is 1.11. The fraction of sp³-hybridized carbons (Fsp3) is 0.214. The first-order chi connectivity index (χ1) is 9.84. The van der Waals surface area contributed by atoms with E-state index < -0.39 is 0 Å². The first kappa shape index (κ1) is 13.8. The number of para-hydroxylation sites is 1. The van der Waals surface area contributed by atoms with Crippen LogP contribution in [0.15, 0.2) is 48.8 Å². The van der Waals surface area contributed by atoms with E-state index in [1.807, 2.05) is 30.3 Å². The summed E-state index contributed by atoms with van der Waals surface area (Å²) < 4.78 is 5.51. The van der Waals surface area contributed by atoms with Gasteiger partial charge in [-0.25, -0.2) is 14.8 Å². The number of carbonyl (C=O) groups is 1. The maximum atomic E-state index is 11.5. The lowest BCUT2D eigenvalue weighted by Gasteiger charge is -2.07. The zero-order chi connectivity index (χ0) is 14.0. The van der Waals surface area contributed by atoms with Crippen LogP contribution in [-0.2, 0) is 0 Å². The number of amides is 2. The Morgan fingerprint density at radius 2 is 1.85 bits per heavy atom. The van der Waals surface area contributed by atoms with E-state index in [9.17, 15) is 4.79 Å². The number of rotatable bonds is 6. The highest BCUT2D eigenvalue weighted by Crippen LogP contribution is 2.07. The van der Waals surface area contributed by atoms with Crippen molar-refractivity contribution in [3.05, 3.63) is 48.8 Å². The minimum atomic E-state index is -0.323. The summed E-state index contributed by atoms with van der Waals surface area (Å²) >= 11 is 0. The summed E-state index contributed by atoms with van der Waals surface area (Å²) in [4.78, 5) is 19.3. The average Bonchev–Trinajstić information content (AvgIpc) is 2.49. The van der Waals surface area contributed by atoms with E-state index in [-0.39, 0.29) is 12.0 Å². The third-order valence-electron chi connectivity index (χ3n) is 2.41. The third-order valence-corrected chi connectivity index (χ3v) is 2.41. The standard InChI is InChI=1S/C14H16N4O2/c19-14(18-13-15-8-4-9-16-13)17-10-5-11-20-12-6-2-1-3-7-12/h1-4,6-9H,5,10-11H2,(H2,15,16,17,18,19). The number of hydrogen-bond acceptors (Lipinski definition) is 4. The molecule has 104 valence electrons. The first-order valence-corrected chi connectivity index (χ1v) is 6.34. The first-order valence-electron chi connectivity index (χ1n) is 6.34. The number of nitrogens with zero attached hydrogens (tertiary/aromatic N) is 2. The van der Waals surface area contributed by atoms with Crippen molar-refractivity contribution in [1.82, 2.24) is 15.3 Å². The summed E-state index contributed by atoms with van der Waals surface area (Å²) in [6, 6.07) is 10.9. The van der Waals surface area contributed by atoms with E-state index >= 15 is 0 Å². The SMILES string of the molecule is O=C(NCCCOc1ccccc1)Nc1ncccn1. The van der Waals surface area contributed by atoms with Crippen molar-refractivity contribution in [2.45, 2.75) is 6.42 Å². The van der Waals surface area contributed by atoms with E-state index in [4.69, 9.17) is 4.74 Å². The van der Waals surface area contributed by atoms with Gasteiger partial charge in [0.15, 0.2) is 0 Å². The van der Waals surface area contributed by atoms with Gasteiger partial charge in [-0.1, -0.05) is 18.2 Å². The van der Waals surface area contributed by atoms with Crippen LogP contribution in [0.5, 0.6) is 5.75 Å². The van der Waals surface area contributed by atoms with E-state index in [1.54, 1.807) is 18.5 Å². The number of aromatic nitrogens is 2. The fourth-order valence-corrected chi connectivity index (χ4v) is 1.49. The normalized spacial score (nSPS) is 9.80. The van der Waals surface area contributed by atoms with Gasteiger partial charge in [0.25, 0.3) is 0 Å². The highest BCUT2D eigenvalue weighted by atomic mass is 16.5. The average molecular weight is 272 g/mol. The van der Waals surface area contributed by atoms with Gasteiger partial charge in [0.2, 0.25) is 5.95 Å². The number of benzene rings is 1. The van der Waals surface area contributed by atoms with Crippen LogP contribution in [0.4, 0.5) is 10.7 Å². The number of anilines is 1. The van der Waals surface area contributed by atoms with Crippen LogP contribution in [0.3, 0.4) is 0 Å². The highest BCUT2D eigenvalue weighted by molar-refractivity contribution is 5.87. The Balaban J connectivity index is 1.58. The number of urea groups is 1. The number of carbonyl (C=O) groups excluding carboxylic acids is 1. The lowest BCUT2D eigenvalue weighted by Crippen LogP contribution is -2.30. The monoisotopic (exact) mass is 272 g/mol. The second-order valence-electron chi connectivity index (χ2n) is 3.97. The molecule has 2 aromatic rings. The summed E-state index contributed by atoms with van der Waals surface area (Å²) in [6.45, 7) is 1.07. The van der Waals surface area contributed by atoms with Crippen molar-refractivity contribution in [2.75, 3.05) is 18.5 Å². The number of ether oxygens (including phenoxy) is 1. The third kappa shape index (κ3) is 4.93. The van der Waals surface area contributed by atoms with Gasteiger partial charge in [0.05, 0.1) is 6.61 Å². The zero-order valence-electron chi connectivity index (χ0n) is 11.0. The molecule has 0 spiro atoms. The van der Waals surface area contributed by atoms with Crippen LogP contribution >= 0.6 is 0 Å². The summed E-state index contributed by atoms with van der Waals surface area (Å²) in [5, 5.41) is 5.24. The van der Waals surface area contributed by atoms with Crippen molar-refractivity contribution in [2.24, 2.45) is 0 Å². The lowest BCUT2D eigenvalue weighted by atomic mass is 10.3. The van der Waals surface area contributed by atoms with Crippen molar-refractivity contribution in [1.29, 1.82) is 0 Å². The van der Waals surface area contributed by atoms with Gasteiger partial charge < -0.3 is 10.1 Å². The van der Waals surface area contributed by atoms with Crippen molar-refractivity contribution < 1.29 is 9.53 Å². The topological polar surface area (TPSA) is 76.1 Å². The Kier molecular flexibility index (Phi) is 5.33. The van der Waals surface area contributed by atoms with Crippen LogP contribution in [-0.4, -0.2) is 29.2 Å². The zero-order valence-corrected chi connectivity index (χ0v) is 11.0. The Bertz CT molecular complexity index is 519. The smallest absolute Gasteiger partial charge is 0.321 e.